The van der Waals surface area contributed by atoms with Crippen molar-refractivity contribution in [2.24, 2.45) is 0 Å². The van der Waals surface area contributed by atoms with Gasteiger partial charge in [-0.3, -0.25) is 19.5 Å². The molecule has 0 aliphatic heterocycles. The summed E-state index contributed by atoms with van der Waals surface area (Å²) in [5.74, 6) is 0. The quantitative estimate of drug-likeness (QED) is 0.585. The van der Waals surface area contributed by atoms with Gasteiger partial charge in [0.15, 0.2) is 0 Å². The first kappa shape index (κ1) is 11.1. The molecule has 2 rings (SSSR count). The number of para-hydroxylation sites is 2. The molecule has 0 aliphatic carbocycles. The largest absolute Gasteiger partial charge is 0.293 e. The normalized spacial score (nSPS) is 10.2. The van der Waals surface area contributed by atoms with Crippen molar-refractivity contribution >= 4 is 5.69 Å². The number of aromatic nitrogens is 1. The van der Waals surface area contributed by atoms with E-state index in [1.807, 2.05) is 6.92 Å². The summed E-state index contributed by atoms with van der Waals surface area (Å²) in [4.78, 5) is 22.1. The predicted octanol–water partition coefficient (Wildman–Crippen LogP) is 2.05. The van der Waals surface area contributed by atoms with E-state index in [4.69, 9.17) is 0 Å². The van der Waals surface area contributed by atoms with Gasteiger partial charge in [0.25, 0.3) is 11.2 Å². The molecular formula is C12H10N2O3. The minimum atomic E-state index is -0.496. The van der Waals surface area contributed by atoms with Crippen LogP contribution in [-0.2, 0) is 0 Å². The first-order chi connectivity index (χ1) is 8.09. The number of aryl methyl sites for hydroxylation is 1. The summed E-state index contributed by atoms with van der Waals surface area (Å²) < 4.78 is 1.29. The number of hydrogen-bond acceptors (Lipinski definition) is 3. The van der Waals surface area contributed by atoms with Crippen LogP contribution in [0.2, 0.25) is 0 Å². The van der Waals surface area contributed by atoms with Gasteiger partial charge < -0.3 is 0 Å². The highest BCUT2D eigenvalue weighted by Gasteiger charge is 2.14. The summed E-state index contributed by atoms with van der Waals surface area (Å²) >= 11 is 0. The van der Waals surface area contributed by atoms with Gasteiger partial charge >= 0.3 is 0 Å². The second-order valence-electron chi connectivity index (χ2n) is 3.66. The lowest BCUT2D eigenvalue weighted by atomic mass is 10.2. The molecule has 17 heavy (non-hydrogen) atoms. The monoisotopic (exact) mass is 230 g/mol. The molecule has 0 unspecified atom stereocenters. The van der Waals surface area contributed by atoms with Crippen LogP contribution < -0.4 is 5.56 Å². The average Bonchev–Trinajstić information content (AvgIpc) is 2.32. The summed E-state index contributed by atoms with van der Waals surface area (Å²) in [5.41, 5.74) is 0.777. The highest BCUT2D eigenvalue weighted by Crippen LogP contribution is 2.20. The number of hydrogen-bond donors (Lipinski definition) is 0. The van der Waals surface area contributed by atoms with Crippen molar-refractivity contribution in [3.63, 3.8) is 0 Å². The molecule has 0 atom stereocenters. The summed E-state index contributed by atoms with van der Waals surface area (Å²) in [6.07, 6.45) is 1.59. The van der Waals surface area contributed by atoms with Crippen molar-refractivity contribution in [1.29, 1.82) is 0 Å². The van der Waals surface area contributed by atoms with Crippen LogP contribution in [0.15, 0.2) is 47.4 Å². The molecule has 0 N–H and O–H groups in total. The van der Waals surface area contributed by atoms with Crippen LogP contribution in [0.5, 0.6) is 0 Å². The number of nitro groups is 1. The van der Waals surface area contributed by atoms with Crippen LogP contribution in [0.3, 0.4) is 0 Å². The Labute approximate surface area is 97.1 Å². The fourth-order valence-electron chi connectivity index (χ4n) is 1.60. The number of benzene rings is 1. The molecule has 0 saturated carbocycles. The number of nitrogens with zero attached hydrogens (tertiary/aromatic N) is 2. The average molecular weight is 230 g/mol. The van der Waals surface area contributed by atoms with Gasteiger partial charge in [-0.05, 0) is 18.6 Å². The minimum absolute atomic E-state index is 0.0831. The smallest absolute Gasteiger partial charge is 0.277 e. The van der Waals surface area contributed by atoms with E-state index in [1.54, 1.807) is 30.5 Å². The molecule has 0 radical (unpaired) electrons. The second-order valence-corrected chi connectivity index (χ2v) is 3.66. The molecule has 0 fully saturated rings. The first-order valence-electron chi connectivity index (χ1n) is 5.03. The van der Waals surface area contributed by atoms with Gasteiger partial charge in [-0.1, -0.05) is 18.2 Å². The molecule has 0 amide bonds. The number of pyridine rings is 1. The standard InChI is InChI=1S/C12H10N2O3/c1-9-6-7-12(15)13(8-9)10-4-2-3-5-11(10)14(16)17/h2-8H,1H3. The maximum absolute atomic E-state index is 11.7. The molecule has 5 heteroatoms. The summed E-state index contributed by atoms with van der Waals surface area (Å²) in [5, 5.41) is 10.9. The molecular weight excluding hydrogens is 220 g/mol. The third-order valence-electron chi connectivity index (χ3n) is 2.40. The molecule has 0 aliphatic rings. The third kappa shape index (κ3) is 2.08. The van der Waals surface area contributed by atoms with Crippen molar-refractivity contribution < 1.29 is 4.92 Å². The van der Waals surface area contributed by atoms with Gasteiger partial charge in [0.1, 0.15) is 5.69 Å². The fourth-order valence-corrected chi connectivity index (χ4v) is 1.60. The van der Waals surface area contributed by atoms with Crippen molar-refractivity contribution in [3.8, 4) is 5.69 Å². The van der Waals surface area contributed by atoms with Gasteiger partial charge in [0, 0.05) is 18.3 Å². The summed E-state index contributed by atoms with van der Waals surface area (Å²) in [6.45, 7) is 1.82. The Kier molecular flexibility index (Phi) is 2.74. The zero-order chi connectivity index (χ0) is 12.4. The van der Waals surface area contributed by atoms with Crippen LogP contribution in [0, 0.1) is 17.0 Å². The van der Waals surface area contributed by atoms with E-state index in [0.29, 0.717) is 0 Å². The molecule has 1 aromatic heterocycles. The molecule has 1 heterocycles. The highest BCUT2D eigenvalue weighted by molar-refractivity contribution is 5.52. The van der Waals surface area contributed by atoms with Crippen LogP contribution in [-0.4, -0.2) is 9.49 Å². The van der Waals surface area contributed by atoms with E-state index in [0.717, 1.165) is 5.56 Å². The van der Waals surface area contributed by atoms with Crippen molar-refractivity contribution in [3.05, 3.63) is 68.6 Å². The molecule has 0 spiro atoms. The lowest BCUT2D eigenvalue weighted by molar-refractivity contribution is -0.384. The van der Waals surface area contributed by atoms with E-state index in [9.17, 15) is 14.9 Å². The van der Waals surface area contributed by atoms with Crippen LogP contribution in [0.25, 0.3) is 5.69 Å². The van der Waals surface area contributed by atoms with Crippen LogP contribution >= 0.6 is 0 Å². The second kappa shape index (κ2) is 4.21. The van der Waals surface area contributed by atoms with E-state index >= 15 is 0 Å². The van der Waals surface area contributed by atoms with Crippen molar-refractivity contribution in [2.45, 2.75) is 6.92 Å². The van der Waals surface area contributed by atoms with E-state index < -0.39 is 4.92 Å². The third-order valence-corrected chi connectivity index (χ3v) is 2.40. The zero-order valence-electron chi connectivity index (χ0n) is 9.16. The van der Waals surface area contributed by atoms with E-state index in [1.165, 1.54) is 16.7 Å². The fraction of sp³-hybridized carbons (Fsp3) is 0.0833. The maximum atomic E-state index is 11.7. The molecule has 0 bridgehead atoms. The Bertz CT molecular complexity index is 632. The van der Waals surface area contributed by atoms with Crippen molar-refractivity contribution in [1.82, 2.24) is 4.57 Å². The number of rotatable bonds is 2. The Morgan fingerprint density at radius 1 is 1.18 bits per heavy atom. The molecule has 0 saturated heterocycles. The lowest BCUT2D eigenvalue weighted by Crippen LogP contribution is -2.17. The Morgan fingerprint density at radius 2 is 1.88 bits per heavy atom. The lowest BCUT2D eigenvalue weighted by Gasteiger charge is -2.06. The molecule has 5 nitrogen and oxygen atoms in total. The zero-order valence-corrected chi connectivity index (χ0v) is 9.16. The molecule has 1 aromatic carbocycles. The van der Waals surface area contributed by atoms with Gasteiger partial charge in [0.05, 0.1) is 4.92 Å². The Hall–Kier alpha value is -2.43. The van der Waals surface area contributed by atoms with E-state index in [-0.39, 0.29) is 16.9 Å². The first-order valence-corrected chi connectivity index (χ1v) is 5.03. The van der Waals surface area contributed by atoms with Gasteiger partial charge in [0.2, 0.25) is 0 Å². The number of nitro benzene ring substituents is 1. The minimum Gasteiger partial charge on any atom is -0.277 e. The summed E-state index contributed by atoms with van der Waals surface area (Å²) in [6, 6.07) is 9.24. The Balaban J connectivity index is 2.72. The Morgan fingerprint density at radius 3 is 2.59 bits per heavy atom. The van der Waals surface area contributed by atoms with Gasteiger partial charge in [-0.15, -0.1) is 0 Å². The SMILES string of the molecule is Cc1ccc(=O)n(-c2ccccc2[N+](=O)[O-])c1. The highest BCUT2D eigenvalue weighted by atomic mass is 16.6. The van der Waals surface area contributed by atoms with Gasteiger partial charge in [-0.25, -0.2) is 0 Å². The van der Waals surface area contributed by atoms with Crippen LogP contribution in [0.1, 0.15) is 5.56 Å². The van der Waals surface area contributed by atoms with Gasteiger partial charge in [-0.2, -0.15) is 0 Å². The van der Waals surface area contributed by atoms with E-state index in [2.05, 4.69) is 0 Å². The predicted molar refractivity (Wildman–Crippen MR) is 63.4 cm³/mol. The summed E-state index contributed by atoms with van der Waals surface area (Å²) in [7, 11) is 0. The van der Waals surface area contributed by atoms with Crippen molar-refractivity contribution in [2.75, 3.05) is 0 Å². The topological polar surface area (TPSA) is 65.1 Å². The molecule has 86 valence electrons. The maximum Gasteiger partial charge on any atom is 0.293 e. The molecule has 2 aromatic rings. The van der Waals surface area contributed by atoms with Crippen LogP contribution in [0.4, 0.5) is 5.69 Å².